The zero-order chi connectivity index (χ0) is 15.4. The third kappa shape index (κ3) is 3.00. The highest BCUT2D eigenvalue weighted by Gasteiger charge is 2.23. The molecule has 0 unspecified atom stereocenters. The Hall–Kier alpha value is -3.29. The van der Waals surface area contributed by atoms with Gasteiger partial charge in [0, 0.05) is 23.9 Å². The van der Waals surface area contributed by atoms with E-state index >= 15 is 0 Å². The summed E-state index contributed by atoms with van der Waals surface area (Å²) in [6.45, 7) is 0. The van der Waals surface area contributed by atoms with Crippen molar-refractivity contribution in [2.24, 2.45) is 4.99 Å². The minimum Gasteiger partial charge on any atom is -0.507 e. The first-order valence-corrected chi connectivity index (χ1v) is 5.74. The van der Waals surface area contributed by atoms with Crippen LogP contribution in [0.5, 0.6) is 5.75 Å². The second kappa shape index (κ2) is 5.78. The minimum absolute atomic E-state index is 0.0810. The average molecular weight is 287 g/mol. The van der Waals surface area contributed by atoms with Crippen LogP contribution < -0.4 is 0 Å². The van der Waals surface area contributed by atoms with Gasteiger partial charge in [-0.1, -0.05) is 12.1 Å². The normalized spacial score (nSPS) is 10.7. The van der Waals surface area contributed by atoms with Crippen molar-refractivity contribution in [1.82, 2.24) is 0 Å². The maximum Gasteiger partial charge on any atom is 0.301 e. The van der Waals surface area contributed by atoms with E-state index in [1.54, 1.807) is 12.1 Å². The number of benzene rings is 2. The number of hydrogen-bond acceptors (Lipinski definition) is 6. The third-order valence-corrected chi connectivity index (χ3v) is 2.66. The number of para-hydroxylation sites is 2. The predicted molar refractivity (Wildman–Crippen MR) is 75.1 cm³/mol. The van der Waals surface area contributed by atoms with E-state index in [4.69, 9.17) is 0 Å². The molecule has 0 amide bonds. The summed E-state index contributed by atoms with van der Waals surface area (Å²) in [7, 11) is 0. The molecule has 0 atom stereocenters. The number of phenolic OH excluding ortho intramolecular Hbond substituents is 1. The highest BCUT2D eigenvalue weighted by Crippen LogP contribution is 2.36. The number of nitrogens with zero attached hydrogens (tertiary/aromatic N) is 3. The van der Waals surface area contributed by atoms with Crippen molar-refractivity contribution in [3.63, 3.8) is 0 Å². The number of aromatic hydroxyl groups is 1. The van der Waals surface area contributed by atoms with Crippen LogP contribution in [0.25, 0.3) is 0 Å². The Labute approximate surface area is 118 Å². The van der Waals surface area contributed by atoms with Crippen LogP contribution in [0.15, 0.2) is 47.5 Å². The summed E-state index contributed by atoms with van der Waals surface area (Å²) in [6, 6.07) is 9.65. The second-order valence-electron chi connectivity index (χ2n) is 3.98. The van der Waals surface area contributed by atoms with Crippen molar-refractivity contribution in [2.45, 2.75) is 0 Å². The largest absolute Gasteiger partial charge is 0.507 e. The Kier molecular flexibility index (Phi) is 3.89. The number of phenols is 1. The van der Waals surface area contributed by atoms with Gasteiger partial charge in [0.1, 0.15) is 5.75 Å². The summed E-state index contributed by atoms with van der Waals surface area (Å²) in [5.74, 6) is -0.0810. The van der Waals surface area contributed by atoms with Gasteiger partial charge < -0.3 is 5.11 Å². The van der Waals surface area contributed by atoms with Gasteiger partial charge in [0.25, 0.3) is 0 Å². The van der Waals surface area contributed by atoms with Crippen LogP contribution in [0, 0.1) is 20.2 Å². The summed E-state index contributed by atoms with van der Waals surface area (Å²) in [4.78, 5) is 24.2. The molecule has 1 N–H and O–H groups in total. The zero-order valence-corrected chi connectivity index (χ0v) is 10.5. The van der Waals surface area contributed by atoms with Gasteiger partial charge in [0.05, 0.1) is 9.85 Å². The van der Waals surface area contributed by atoms with E-state index in [0.717, 1.165) is 18.3 Å². The Balaban J connectivity index is 2.55. The Morgan fingerprint density at radius 2 is 1.52 bits per heavy atom. The van der Waals surface area contributed by atoms with Crippen molar-refractivity contribution in [2.75, 3.05) is 0 Å². The SMILES string of the molecule is O=[N+]([O-])c1cccc([N+](=O)[O-])c1N=Cc1ccccc1O. The van der Waals surface area contributed by atoms with Crippen LogP contribution in [-0.4, -0.2) is 21.2 Å². The van der Waals surface area contributed by atoms with Gasteiger partial charge in [-0.3, -0.25) is 20.2 Å². The molecular weight excluding hydrogens is 278 g/mol. The van der Waals surface area contributed by atoms with Gasteiger partial charge in [0.2, 0.25) is 5.69 Å². The number of aliphatic imine (C=N–C) groups is 1. The quantitative estimate of drug-likeness (QED) is 0.526. The molecule has 0 saturated carbocycles. The average Bonchev–Trinajstić information content (AvgIpc) is 2.45. The molecule has 2 rings (SSSR count). The molecule has 0 aliphatic heterocycles. The van der Waals surface area contributed by atoms with Crippen molar-refractivity contribution >= 4 is 23.3 Å². The van der Waals surface area contributed by atoms with Crippen LogP contribution in [0.2, 0.25) is 0 Å². The fourth-order valence-electron chi connectivity index (χ4n) is 1.68. The number of nitro groups is 2. The summed E-state index contributed by atoms with van der Waals surface area (Å²) in [6.07, 6.45) is 1.14. The molecular formula is C13H9N3O5. The number of hydrogen-bond donors (Lipinski definition) is 1. The molecule has 106 valence electrons. The molecule has 0 saturated heterocycles. The molecule has 8 nitrogen and oxygen atoms in total. The molecule has 0 aliphatic carbocycles. The highest BCUT2D eigenvalue weighted by atomic mass is 16.6. The van der Waals surface area contributed by atoms with Crippen molar-refractivity contribution in [3.8, 4) is 5.75 Å². The molecule has 0 spiro atoms. The Morgan fingerprint density at radius 3 is 2.05 bits per heavy atom. The van der Waals surface area contributed by atoms with E-state index in [-0.39, 0.29) is 11.4 Å². The zero-order valence-electron chi connectivity index (χ0n) is 10.5. The summed E-state index contributed by atoms with van der Waals surface area (Å²) in [5, 5.41) is 31.5. The van der Waals surface area contributed by atoms with E-state index in [2.05, 4.69) is 4.99 Å². The van der Waals surface area contributed by atoms with Gasteiger partial charge in [-0.05, 0) is 18.2 Å². The van der Waals surface area contributed by atoms with Gasteiger partial charge >= 0.3 is 11.4 Å². The van der Waals surface area contributed by atoms with Gasteiger partial charge in [-0.2, -0.15) is 0 Å². The van der Waals surface area contributed by atoms with Crippen LogP contribution in [0.4, 0.5) is 17.1 Å². The van der Waals surface area contributed by atoms with Crippen molar-refractivity contribution < 1.29 is 15.0 Å². The molecule has 0 bridgehead atoms. The molecule has 0 radical (unpaired) electrons. The first-order valence-electron chi connectivity index (χ1n) is 5.74. The van der Waals surface area contributed by atoms with Crippen LogP contribution in [0.3, 0.4) is 0 Å². The standard InChI is InChI=1S/C13H9N3O5/c17-12-7-2-1-4-9(12)8-14-13-10(15(18)19)5-3-6-11(13)16(20)21/h1-8,17H. The fraction of sp³-hybridized carbons (Fsp3) is 0. The van der Waals surface area contributed by atoms with Crippen LogP contribution in [-0.2, 0) is 0 Å². The maximum atomic E-state index is 10.9. The monoisotopic (exact) mass is 287 g/mol. The first-order chi connectivity index (χ1) is 10.0. The van der Waals surface area contributed by atoms with E-state index in [1.165, 1.54) is 18.2 Å². The maximum absolute atomic E-state index is 10.9. The van der Waals surface area contributed by atoms with E-state index < -0.39 is 21.2 Å². The van der Waals surface area contributed by atoms with Gasteiger partial charge in [0.15, 0.2) is 0 Å². The minimum atomic E-state index is -0.746. The summed E-state index contributed by atoms with van der Waals surface area (Å²) in [5.41, 5.74) is -1.02. The van der Waals surface area contributed by atoms with Gasteiger partial charge in [-0.15, -0.1) is 0 Å². The smallest absolute Gasteiger partial charge is 0.301 e. The van der Waals surface area contributed by atoms with Gasteiger partial charge in [-0.25, -0.2) is 4.99 Å². The van der Waals surface area contributed by atoms with Crippen LogP contribution in [0.1, 0.15) is 5.56 Å². The summed E-state index contributed by atoms with van der Waals surface area (Å²) >= 11 is 0. The Bertz CT molecular complexity index is 710. The highest BCUT2D eigenvalue weighted by molar-refractivity contribution is 5.87. The molecule has 0 aliphatic rings. The molecule has 0 fully saturated rings. The molecule has 2 aromatic rings. The second-order valence-corrected chi connectivity index (χ2v) is 3.98. The van der Waals surface area contributed by atoms with E-state index in [9.17, 15) is 25.3 Å². The lowest BCUT2D eigenvalue weighted by atomic mass is 10.2. The molecule has 0 heterocycles. The number of rotatable bonds is 4. The molecule has 8 heteroatoms. The van der Waals surface area contributed by atoms with Crippen LogP contribution >= 0.6 is 0 Å². The summed E-state index contributed by atoms with van der Waals surface area (Å²) < 4.78 is 0. The number of nitro benzene ring substituents is 2. The van der Waals surface area contributed by atoms with E-state index in [1.807, 2.05) is 0 Å². The molecule has 21 heavy (non-hydrogen) atoms. The topological polar surface area (TPSA) is 119 Å². The Morgan fingerprint density at radius 1 is 0.952 bits per heavy atom. The fourth-order valence-corrected chi connectivity index (χ4v) is 1.68. The van der Waals surface area contributed by atoms with E-state index in [0.29, 0.717) is 5.56 Å². The molecule has 2 aromatic carbocycles. The van der Waals surface area contributed by atoms with Crippen molar-refractivity contribution in [3.05, 3.63) is 68.3 Å². The van der Waals surface area contributed by atoms with Crippen molar-refractivity contribution in [1.29, 1.82) is 0 Å². The lowest BCUT2D eigenvalue weighted by molar-refractivity contribution is -0.392. The third-order valence-electron chi connectivity index (χ3n) is 2.66. The lowest BCUT2D eigenvalue weighted by Crippen LogP contribution is -1.94. The first kappa shape index (κ1) is 14.1. The predicted octanol–water partition coefficient (Wildman–Crippen LogP) is 2.96. The molecule has 0 aromatic heterocycles. The lowest BCUT2D eigenvalue weighted by Gasteiger charge is -2.00.